The third-order valence-electron chi connectivity index (χ3n) is 8.12. The van der Waals surface area contributed by atoms with Crippen molar-refractivity contribution in [3.8, 4) is 5.75 Å². The molecular weight excluding hydrogens is 572 g/mol. The minimum Gasteiger partial charge on any atom is -0.462 e. The van der Waals surface area contributed by atoms with Crippen LogP contribution >= 0.6 is 0 Å². The Morgan fingerprint density at radius 2 is 1.59 bits per heavy atom. The number of hydrogen-bond acceptors (Lipinski definition) is 11. The number of methoxy groups -OCH3 is 1. The standard InChI is InChI=1S/C33H44O11/c1-3-21-8-10-22(11-9-21)16-24-13-12-23(18-41-28-6-4-14-38-28)17-25(24)43-33-31(36)30(35)32(37-2)26(44-33)19-40-27(34)20-42-29-7-5-15-39-29/h8-13,17,26,28-33,35-36H,3-7,14-16,18-20H2,1-2H3/t26-,28?,29?,30-,31-,32-,33+/m1/s1. The summed E-state index contributed by atoms with van der Waals surface area (Å²) < 4.78 is 45.5. The van der Waals surface area contributed by atoms with E-state index < -0.39 is 43.0 Å². The Morgan fingerprint density at radius 1 is 0.909 bits per heavy atom. The van der Waals surface area contributed by atoms with E-state index in [1.54, 1.807) is 0 Å². The average Bonchev–Trinajstić information content (AvgIpc) is 3.77. The molecule has 7 atom stereocenters. The van der Waals surface area contributed by atoms with Gasteiger partial charge in [-0.25, -0.2) is 4.79 Å². The van der Waals surface area contributed by atoms with Crippen molar-refractivity contribution < 1.29 is 52.9 Å². The van der Waals surface area contributed by atoms with Gasteiger partial charge < -0.3 is 48.1 Å². The Hall–Kier alpha value is -2.61. The van der Waals surface area contributed by atoms with E-state index in [-0.39, 0.29) is 19.5 Å². The molecule has 3 heterocycles. The molecule has 2 aromatic rings. The molecule has 3 aliphatic rings. The molecule has 0 spiro atoms. The van der Waals surface area contributed by atoms with Gasteiger partial charge in [0.2, 0.25) is 6.29 Å². The third kappa shape index (κ3) is 8.76. The van der Waals surface area contributed by atoms with Crippen LogP contribution in [0.4, 0.5) is 0 Å². The largest absolute Gasteiger partial charge is 0.462 e. The topological polar surface area (TPSA) is 131 Å². The Bertz CT molecular complexity index is 1180. The van der Waals surface area contributed by atoms with E-state index in [0.717, 1.165) is 48.8 Å². The highest BCUT2D eigenvalue weighted by Gasteiger charge is 2.46. The zero-order valence-corrected chi connectivity index (χ0v) is 25.4. The number of esters is 1. The molecule has 0 radical (unpaired) electrons. The Morgan fingerprint density at radius 3 is 2.25 bits per heavy atom. The fourth-order valence-electron chi connectivity index (χ4n) is 5.54. The first kappa shape index (κ1) is 32.8. The van der Waals surface area contributed by atoms with Gasteiger partial charge in [0, 0.05) is 39.6 Å². The van der Waals surface area contributed by atoms with E-state index in [1.165, 1.54) is 12.7 Å². The molecule has 0 saturated carbocycles. The van der Waals surface area contributed by atoms with Crippen LogP contribution in [0.2, 0.25) is 0 Å². The summed E-state index contributed by atoms with van der Waals surface area (Å²) >= 11 is 0. The van der Waals surface area contributed by atoms with E-state index in [2.05, 4.69) is 31.2 Å². The van der Waals surface area contributed by atoms with Crippen molar-refractivity contribution in [3.63, 3.8) is 0 Å². The molecule has 3 fully saturated rings. The van der Waals surface area contributed by atoms with Gasteiger partial charge in [-0.15, -0.1) is 0 Å². The molecule has 0 aliphatic carbocycles. The van der Waals surface area contributed by atoms with Gasteiger partial charge in [-0.3, -0.25) is 0 Å². The van der Waals surface area contributed by atoms with Crippen molar-refractivity contribution in [1.29, 1.82) is 0 Å². The number of hydrogen-bond donors (Lipinski definition) is 2. The Labute approximate surface area is 258 Å². The van der Waals surface area contributed by atoms with Crippen LogP contribution in [-0.2, 0) is 57.4 Å². The summed E-state index contributed by atoms with van der Waals surface area (Å²) in [4.78, 5) is 12.3. The second kappa shape index (κ2) is 16.1. The fourth-order valence-corrected chi connectivity index (χ4v) is 5.54. The number of aliphatic hydroxyl groups excluding tert-OH is 2. The lowest BCUT2D eigenvalue weighted by Gasteiger charge is -2.41. The Kier molecular flexibility index (Phi) is 12.0. The monoisotopic (exact) mass is 616 g/mol. The van der Waals surface area contributed by atoms with Crippen LogP contribution in [0.5, 0.6) is 5.75 Å². The van der Waals surface area contributed by atoms with Gasteiger partial charge in [0.15, 0.2) is 12.6 Å². The quantitative estimate of drug-likeness (QED) is 0.304. The molecule has 3 saturated heterocycles. The first-order valence-electron chi connectivity index (χ1n) is 15.5. The van der Waals surface area contributed by atoms with Crippen LogP contribution in [0.3, 0.4) is 0 Å². The lowest BCUT2D eigenvalue weighted by atomic mass is 9.98. The maximum atomic E-state index is 12.3. The van der Waals surface area contributed by atoms with Gasteiger partial charge in [-0.1, -0.05) is 43.3 Å². The predicted octanol–water partition coefficient (Wildman–Crippen LogP) is 3.03. The number of ether oxygens (including phenoxy) is 8. The lowest BCUT2D eigenvalue weighted by molar-refractivity contribution is -0.283. The molecular formula is C33H44O11. The smallest absolute Gasteiger partial charge is 0.332 e. The van der Waals surface area contributed by atoms with Crippen LogP contribution < -0.4 is 4.74 Å². The summed E-state index contributed by atoms with van der Waals surface area (Å²) in [5.74, 6) is -0.127. The van der Waals surface area contributed by atoms with E-state index >= 15 is 0 Å². The first-order valence-corrected chi connectivity index (χ1v) is 15.5. The highest BCUT2D eigenvalue weighted by atomic mass is 16.7. The summed E-state index contributed by atoms with van der Waals surface area (Å²) in [6, 6.07) is 14.2. The van der Waals surface area contributed by atoms with Gasteiger partial charge in [-0.05, 0) is 47.6 Å². The molecule has 3 aliphatic heterocycles. The van der Waals surface area contributed by atoms with Crippen LogP contribution in [0.15, 0.2) is 42.5 Å². The third-order valence-corrected chi connectivity index (χ3v) is 8.12. The van der Waals surface area contributed by atoms with Crippen molar-refractivity contribution in [1.82, 2.24) is 0 Å². The highest BCUT2D eigenvalue weighted by molar-refractivity contribution is 5.70. The molecule has 2 aromatic carbocycles. The minimum absolute atomic E-state index is 0.234. The number of carbonyl (C=O) groups excluding carboxylic acids is 1. The molecule has 0 amide bonds. The van der Waals surface area contributed by atoms with E-state index in [0.29, 0.717) is 32.0 Å². The minimum atomic E-state index is -1.43. The molecule has 2 N–H and O–H groups in total. The lowest BCUT2D eigenvalue weighted by Crippen LogP contribution is -2.61. The molecule has 11 nitrogen and oxygen atoms in total. The second-order valence-corrected chi connectivity index (χ2v) is 11.3. The number of aryl methyl sites for hydroxylation is 1. The van der Waals surface area contributed by atoms with Crippen molar-refractivity contribution in [2.45, 2.75) is 95.3 Å². The number of benzene rings is 2. The van der Waals surface area contributed by atoms with E-state index in [4.69, 9.17) is 37.9 Å². The summed E-state index contributed by atoms with van der Waals surface area (Å²) in [6.07, 6.45) is -1.63. The summed E-state index contributed by atoms with van der Waals surface area (Å²) in [7, 11) is 1.39. The second-order valence-electron chi connectivity index (χ2n) is 11.3. The average molecular weight is 617 g/mol. The van der Waals surface area contributed by atoms with Gasteiger partial charge in [0.05, 0.1) is 6.61 Å². The fraction of sp³-hybridized carbons (Fsp3) is 0.606. The highest BCUT2D eigenvalue weighted by Crippen LogP contribution is 2.31. The van der Waals surface area contributed by atoms with Gasteiger partial charge in [0.1, 0.15) is 43.4 Å². The molecule has 0 aromatic heterocycles. The van der Waals surface area contributed by atoms with E-state index in [9.17, 15) is 15.0 Å². The maximum absolute atomic E-state index is 12.3. The number of carbonyl (C=O) groups is 1. The molecule has 242 valence electrons. The molecule has 0 bridgehead atoms. The summed E-state index contributed by atoms with van der Waals surface area (Å²) in [5, 5.41) is 21.9. The zero-order valence-electron chi connectivity index (χ0n) is 25.4. The summed E-state index contributed by atoms with van der Waals surface area (Å²) in [6.45, 7) is 3.22. The Balaban J connectivity index is 1.28. The molecule has 5 rings (SSSR count). The van der Waals surface area contributed by atoms with Crippen LogP contribution in [0.25, 0.3) is 0 Å². The van der Waals surface area contributed by atoms with Crippen molar-refractivity contribution in [2.75, 3.05) is 33.5 Å². The first-order chi connectivity index (χ1) is 21.4. The van der Waals surface area contributed by atoms with Crippen molar-refractivity contribution in [2.24, 2.45) is 0 Å². The SMILES string of the molecule is CCc1ccc(Cc2ccc(COC3CCCO3)cc2O[C@H]2O[C@H](COC(=O)COC3CCCO3)[C@@H](OC)[C@H](O)[C@H]2O)cc1. The maximum Gasteiger partial charge on any atom is 0.332 e. The van der Waals surface area contributed by atoms with Crippen molar-refractivity contribution >= 4 is 5.97 Å². The number of aliphatic hydroxyl groups is 2. The van der Waals surface area contributed by atoms with Gasteiger partial charge in [0.25, 0.3) is 0 Å². The van der Waals surface area contributed by atoms with Gasteiger partial charge >= 0.3 is 5.97 Å². The van der Waals surface area contributed by atoms with Crippen LogP contribution in [0.1, 0.15) is 54.9 Å². The molecule has 2 unspecified atom stereocenters. The van der Waals surface area contributed by atoms with Crippen molar-refractivity contribution in [3.05, 3.63) is 64.7 Å². The predicted molar refractivity (Wildman–Crippen MR) is 157 cm³/mol. The summed E-state index contributed by atoms with van der Waals surface area (Å²) in [5.41, 5.74) is 4.06. The normalized spacial score (nSPS) is 28.7. The zero-order chi connectivity index (χ0) is 30.9. The molecule has 44 heavy (non-hydrogen) atoms. The molecule has 11 heteroatoms. The van der Waals surface area contributed by atoms with Gasteiger partial charge in [-0.2, -0.15) is 0 Å². The van der Waals surface area contributed by atoms with Crippen LogP contribution in [0, 0.1) is 0 Å². The van der Waals surface area contributed by atoms with Crippen LogP contribution in [-0.4, -0.2) is 93.0 Å². The number of rotatable bonds is 14. The van der Waals surface area contributed by atoms with E-state index in [1.807, 2.05) is 18.2 Å².